The van der Waals surface area contributed by atoms with E-state index in [1.165, 1.54) is 18.2 Å². The highest BCUT2D eigenvalue weighted by molar-refractivity contribution is 6.30. The summed E-state index contributed by atoms with van der Waals surface area (Å²) in [5.74, 6) is -2.14. The lowest BCUT2D eigenvalue weighted by Crippen LogP contribution is -2.29. The normalized spacial score (nSPS) is 12.8. The van der Waals surface area contributed by atoms with Crippen molar-refractivity contribution >= 4 is 29.7 Å². The lowest BCUT2D eigenvalue weighted by molar-refractivity contribution is -0.132. The molecule has 3 aromatic rings. The van der Waals surface area contributed by atoms with Crippen molar-refractivity contribution in [3.63, 3.8) is 0 Å². The molecule has 31 heavy (non-hydrogen) atoms. The summed E-state index contributed by atoms with van der Waals surface area (Å²) in [7, 11) is 0. The van der Waals surface area contributed by atoms with Gasteiger partial charge in [0.2, 0.25) is 0 Å². The minimum absolute atomic E-state index is 0.0507. The molecule has 0 saturated carbocycles. The van der Waals surface area contributed by atoms with Crippen LogP contribution in [0.25, 0.3) is 17.2 Å². The molecule has 0 aromatic heterocycles. The van der Waals surface area contributed by atoms with Crippen molar-refractivity contribution in [2.75, 3.05) is 6.61 Å². The Morgan fingerprint density at radius 3 is 2.23 bits per heavy atom. The van der Waals surface area contributed by atoms with Gasteiger partial charge in [-0.05, 0) is 46.0 Å². The van der Waals surface area contributed by atoms with Gasteiger partial charge in [-0.15, -0.1) is 0 Å². The van der Waals surface area contributed by atoms with Gasteiger partial charge in [0, 0.05) is 5.92 Å². The van der Waals surface area contributed by atoms with E-state index in [-0.39, 0.29) is 17.5 Å². The van der Waals surface area contributed by atoms with Crippen molar-refractivity contribution in [3.05, 3.63) is 100.0 Å². The fraction of sp³-hybridized carbons (Fsp3) is 0.0833. The zero-order valence-electron chi connectivity index (χ0n) is 16.1. The van der Waals surface area contributed by atoms with Crippen molar-refractivity contribution in [1.29, 1.82) is 0 Å². The number of benzene rings is 3. The van der Waals surface area contributed by atoms with Crippen LogP contribution in [0.2, 0.25) is 5.02 Å². The SMILES string of the molecule is O=C(N/C(=C/c1ccc(F)c(Cl)c1)C(=O)O)OCC1c2ccccc2-c2ccccc21. The Bertz CT molecular complexity index is 1160. The van der Waals surface area contributed by atoms with E-state index >= 15 is 0 Å². The Hall–Kier alpha value is -3.64. The minimum atomic E-state index is -1.37. The smallest absolute Gasteiger partial charge is 0.411 e. The first-order chi connectivity index (χ1) is 14.9. The van der Waals surface area contributed by atoms with E-state index in [0.717, 1.165) is 28.3 Å². The molecule has 0 fully saturated rings. The van der Waals surface area contributed by atoms with Gasteiger partial charge in [-0.1, -0.05) is 66.2 Å². The van der Waals surface area contributed by atoms with Gasteiger partial charge < -0.3 is 9.84 Å². The highest BCUT2D eigenvalue weighted by Gasteiger charge is 2.29. The van der Waals surface area contributed by atoms with E-state index in [1.807, 2.05) is 48.5 Å². The third-order valence-corrected chi connectivity index (χ3v) is 5.36. The third kappa shape index (κ3) is 4.29. The number of alkyl carbamates (subject to hydrolysis) is 1. The summed E-state index contributed by atoms with van der Waals surface area (Å²) in [6.07, 6.45) is 0.276. The monoisotopic (exact) mass is 437 g/mol. The molecule has 0 saturated heterocycles. The molecule has 2 N–H and O–H groups in total. The molecule has 0 bridgehead atoms. The summed E-state index contributed by atoms with van der Waals surface area (Å²) in [5.41, 5.74) is 4.18. The summed E-state index contributed by atoms with van der Waals surface area (Å²) in [6, 6.07) is 19.5. The summed E-state index contributed by atoms with van der Waals surface area (Å²) >= 11 is 5.72. The Morgan fingerprint density at radius 2 is 1.65 bits per heavy atom. The molecule has 0 atom stereocenters. The van der Waals surface area contributed by atoms with Gasteiger partial charge >= 0.3 is 12.1 Å². The molecule has 1 aliphatic rings. The predicted molar refractivity (Wildman–Crippen MR) is 115 cm³/mol. The lowest BCUT2D eigenvalue weighted by Gasteiger charge is -2.14. The quantitative estimate of drug-likeness (QED) is 0.521. The molecule has 0 aliphatic heterocycles. The number of carboxylic acids is 1. The highest BCUT2D eigenvalue weighted by Crippen LogP contribution is 2.44. The number of carbonyl (C=O) groups is 2. The number of hydrogen-bond donors (Lipinski definition) is 2. The predicted octanol–water partition coefficient (Wildman–Crippen LogP) is 5.44. The van der Waals surface area contributed by atoms with E-state index in [0.29, 0.717) is 5.56 Å². The van der Waals surface area contributed by atoms with Gasteiger partial charge in [0.05, 0.1) is 5.02 Å². The molecule has 7 heteroatoms. The summed E-state index contributed by atoms with van der Waals surface area (Å²) in [6.45, 7) is 0.0507. The maximum absolute atomic E-state index is 13.3. The molecule has 1 amide bonds. The Balaban J connectivity index is 1.49. The zero-order chi connectivity index (χ0) is 22.0. The molecule has 3 aromatic carbocycles. The molecule has 4 rings (SSSR count). The van der Waals surface area contributed by atoms with Gasteiger partial charge in [0.25, 0.3) is 0 Å². The topological polar surface area (TPSA) is 75.6 Å². The van der Waals surface area contributed by atoms with Crippen LogP contribution < -0.4 is 5.32 Å². The maximum Gasteiger partial charge on any atom is 0.411 e. The van der Waals surface area contributed by atoms with E-state index in [1.54, 1.807) is 0 Å². The summed E-state index contributed by atoms with van der Waals surface area (Å²) in [4.78, 5) is 23.9. The number of carboxylic acid groups (broad SMARTS) is 1. The van der Waals surface area contributed by atoms with Crippen LogP contribution in [-0.4, -0.2) is 23.8 Å². The Kier molecular flexibility index (Phi) is 5.73. The number of fused-ring (bicyclic) bond motifs is 3. The number of nitrogens with one attached hydrogen (secondary N) is 1. The van der Waals surface area contributed by atoms with Gasteiger partial charge in [-0.25, -0.2) is 14.0 Å². The molecule has 156 valence electrons. The fourth-order valence-corrected chi connectivity index (χ4v) is 3.85. The Labute approximate surface area is 182 Å². The van der Waals surface area contributed by atoms with Crippen LogP contribution in [0.5, 0.6) is 0 Å². The van der Waals surface area contributed by atoms with E-state index in [4.69, 9.17) is 16.3 Å². The molecule has 0 unspecified atom stereocenters. The fourth-order valence-electron chi connectivity index (χ4n) is 3.66. The van der Waals surface area contributed by atoms with Crippen molar-refractivity contribution in [2.45, 2.75) is 5.92 Å². The number of hydrogen-bond acceptors (Lipinski definition) is 3. The van der Waals surface area contributed by atoms with Crippen LogP contribution in [0, 0.1) is 5.82 Å². The van der Waals surface area contributed by atoms with Gasteiger partial charge in [0.15, 0.2) is 0 Å². The number of rotatable bonds is 5. The first-order valence-electron chi connectivity index (χ1n) is 9.46. The largest absolute Gasteiger partial charge is 0.477 e. The minimum Gasteiger partial charge on any atom is -0.477 e. The molecule has 5 nitrogen and oxygen atoms in total. The molecule has 0 radical (unpaired) electrons. The van der Waals surface area contributed by atoms with Crippen LogP contribution in [-0.2, 0) is 9.53 Å². The Morgan fingerprint density at radius 1 is 1.03 bits per heavy atom. The average molecular weight is 438 g/mol. The van der Waals surface area contributed by atoms with Crippen LogP contribution in [0.4, 0.5) is 9.18 Å². The van der Waals surface area contributed by atoms with Crippen LogP contribution in [0.15, 0.2) is 72.4 Å². The van der Waals surface area contributed by atoms with E-state index in [9.17, 15) is 19.1 Å². The zero-order valence-corrected chi connectivity index (χ0v) is 16.9. The van der Waals surface area contributed by atoms with Crippen molar-refractivity contribution < 1.29 is 23.8 Å². The van der Waals surface area contributed by atoms with Gasteiger partial charge in [0.1, 0.15) is 18.1 Å². The number of carbonyl (C=O) groups excluding carboxylic acids is 1. The molecule has 0 heterocycles. The summed E-state index contributed by atoms with van der Waals surface area (Å²) < 4.78 is 18.7. The maximum atomic E-state index is 13.3. The lowest BCUT2D eigenvalue weighted by atomic mass is 9.98. The first-order valence-corrected chi connectivity index (χ1v) is 9.84. The second-order valence-corrected chi connectivity index (χ2v) is 7.39. The second-order valence-electron chi connectivity index (χ2n) is 6.99. The van der Waals surface area contributed by atoms with Crippen LogP contribution in [0.1, 0.15) is 22.6 Å². The van der Waals surface area contributed by atoms with E-state index in [2.05, 4.69) is 5.32 Å². The molecular weight excluding hydrogens is 421 g/mol. The van der Waals surface area contributed by atoms with Crippen molar-refractivity contribution in [3.8, 4) is 11.1 Å². The van der Waals surface area contributed by atoms with Crippen molar-refractivity contribution in [1.82, 2.24) is 5.32 Å². The molecule has 0 spiro atoms. The molecular formula is C24H17ClFNO4. The van der Waals surface area contributed by atoms with Crippen molar-refractivity contribution in [2.24, 2.45) is 0 Å². The highest BCUT2D eigenvalue weighted by atomic mass is 35.5. The number of amides is 1. The number of aliphatic carboxylic acids is 1. The van der Waals surface area contributed by atoms with E-state index < -0.39 is 23.6 Å². The summed E-state index contributed by atoms with van der Waals surface area (Å²) in [5, 5.41) is 11.5. The number of ether oxygens (including phenoxy) is 1. The average Bonchev–Trinajstić information content (AvgIpc) is 3.08. The van der Waals surface area contributed by atoms with Gasteiger partial charge in [-0.2, -0.15) is 0 Å². The standard InChI is InChI=1S/C24H17ClFNO4/c25-20-11-14(9-10-21(20)26)12-22(23(28)29)27-24(30)31-13-19-17-7-3-1-5-15(17)16-6-2-4-8-18(16)19/h1-12,19H,13H2,(H,27,30)(H,28,29)/b22-12+. The third-order valence-electron chi connectivity index (χ3n) is 5.07. The second kappa shape index (κ2) is 8.62. The molecule has 1 aliphatic carbocycles. The number of halogens is 2. The van der Waals surface area contributed by atoms with Gasteiger partial charge in [-0.3, -0.25) is 5.32 Å². The van der Waals surface area contributed by atoms with Crippen LogP contribution >= 0.6 is 11.6 Å². The first kappa shape index (κ1) is 20.6. The van der Waals surface area contributed by atoms with Crippen LogP contribution in [0.3, 0.4) is 0 Å².